The lowest BCUT2D eigenvalue weighted by Gasteiger charge is -2.62. The molecule has 0 aliphatic heterocycles. The number of hydrogen-bond donors (Lipinski definition) is 1. The second-order valence-corrected chi connectivity index (χ2v) is 15.3. The lowest BCUT2D eigenvalue weighted by atomic mass is 9.45. The van der Waals surface area contributed by atoms with Gasteiger partial charge in [-0.25, -0.2) is 22.8 Å². The van der Waals surface area contributed by atoms with Crippen molar-refractivity contribution in [3.8, 4) is 0 Å². The Hall–Kier alpha value is -2.36. The first kappa shape index (κ1) is 30.7. The van der Waals surface area contributed by atoms with Gasteiger partial charge in [0.15, 0.2) is 11.5 Å². The molecular weight excluding hydrogens is 565 g/mol. The smallest absolute Gasteiger partial charge is 0.431 e. The minimum absolute atomic E-state index is 0.0261. The molecule has 0 aromatic carbocycles. The Bertz CT molecular complexity index is 1310. The summed E-state index contributed by atoms with van der Waals surface area (Å²) in [6.45, 7) is 9.74. The van der Waals surface area contributed by atoms with E-state index in [2.05, 4.69) is 13.8 Å². The molecule has 7 nitrogen and oxygen atoms in total. The lowest BCUT2D eigenvalue weighted by molar-refractivity contribution is -0.233. The predicted molar refractivity (Wildman–Crippen MR) is 148 cm³/mol. The Labute approximate surface area is 250 Å². The number of carbonyl (C=O) groups excluding carboxylic acids is 3. The van der Waals surface area contributed by atoms with Gasteiger partial charge < -0.3 is 19.3 Å². The topological polar surface area (TPSA) is 99.1 Å². The summed E-state index contributed by atoms with van der Waals surface area (Å²) in [4.78, 5) is 39.4. The number of ether oxygens (including phenoxy) is 3. The van der Waals surface area contributed by atoms with Gasteiger partial charge >= 0.3 is 12.1 Å². The van der Waals surface area contributed by atoms with Crippen LogP contribution in [0.2, 0.25) is 0 Å². The number of aliphatic hydroxyl groups excluding tert-OH is 1. The average molecular weight is 609 g/mol. The van der Waals surface area contributed by atoms with Gasteiger partial charge in [0.2, 0.25) is 12.5 Å². The Balaban J connectivity index is 1.36. The number of fused-ring (bicyclic) bond motifs is 7. The van der Waals surface area contributed by atoms with E-state index in [0.29, 0.717) is 18.3 Å². The van der Waals surface area contributed by atoms with Crippen molar-refractivity contribution < 1.29 is 46.9 Å². The van der Waals surface area contributed by atoms with Crippen LogP contribution in [-0.2, 0) is 23.8 Å². The largest absolute Gasteiger partial charge is 0.509 e. The third-order valence-corrected chi connectivity index (χ3v) is 13.5. The summed E-state index contributed by atoms with van der Waals surface area (Å²) in [6, 6.07) is 0. The Morgan fingerprint density at radius 3 is 2.40 bits per heavy atom. The van der Waals surface area contributed by atoms with Crippen molar-refractivity contribution in [1.82, 2.24) is 0 Å². The molecule has 238 valence electrons. The molecule has 5 fully saturated rings. The zero-order valence-electron chi connectivity index (χ0n) is 25.8. The van der Waals surface area contributed by atoms with Gasteiger partial charge in [-0.05, 0) is 73.3 Å². The van der Waals surface area contributed by atoms with Crippen LogP contribution in [-0.4, -0.2) is 53.4 Å². The molecule has 7 rings (SSSR count). The van der Waals surface area contributed by atoms with Crippen molar-refractivity contribution in [3.63, 3.8) is 0 Å². The highest BCUT2D eigenvalue weighted by molar-refractivity contribution is 5.93. The van der Waals surface area contributed by atoms with E-state index in [4.69, 9.17) is 14.2 Å². The molecule has 0 radical (unpaired) electrons. The lowest BCUT2D eigenvalue weighted by Crippen LogP contribution is -2.70. The first-order chi connectivity index (χ1) is 20.0. The Morgan fingerprint density at radius 2 is 1.77 bits per heavy atom. The minimum atomic E-state index is -2.37. The van der Waals surface area contributed by atoms with Gasteiger partial charge in [0.1, 0.15) is 11.9 Å². The maximum atomic E-state index is 17.6. The minimum Gasteiger partial charge on any atom is -0.431 e. The van der Waals surface area contributed by atoms with Gasteiger partial charge in [-0.15, -0.1) is 0 Å². The van der Waals surface area contributed by atoms with Gasteiger partial charge in [-0.1, -0.05) is 40.7 Å². The quantitative estimate of drug-likeness (QED) is 0.372. The van der Waals surface area contributed by atoms with Crippen LogP contribution in [0.25, 0.3) is 0 Å². The normalized spacial score (nSPS) is 49.3. The van der Waals surface area contributed by atoms with Crippen molar-refractivity contribution in [3.05, 3.63) is 23.6 Å². The van der Waals surface area contributed by atoms with Gasteiger partial charge in [0.25, 0.3) is 0 Å². The van der Waals surface area contributed by atoms with Crippen molar-refractivity contribution in [2.45, 2.75) is 104 Å². The summed E-state index contributed by atoms with van der Waals surface area (Å²) < 4.78 is 63.5. The Kier molecular flexibility index (Phi) is 6.82. The highest BCUT2D eigenvalue weighted by atomic mass is 19.1. The first-order valence-electron chi connectivity index (χ1n) is 15.6. The standard InChI is InChI=1S/C33H43F3O7/c1-16-9-21-22-13-24(35)23-12-19(37)7-8-30(23,5)32(22,36)26(38)14-31(21,6)33(16,27(39)41-15-34)43-28(40)42-25-11-18-10-20(17(25)2)29(18,3)4/h7-8,16-18,20-22,25-26,38H,9-15H2,1-6H3/t16-,17-,18+,20-,21+,22+,25-,26+,30+,31+,32+,33+/m1/s1. The average Bonchev–Trinajstić information content (AvgIpc) is 3.14. The van der Waals surface area contributed by atoms with Crippen molar-refractivity contribution in [1.29, 1.82) is 0 Å². The summed E-state index contributed by atoms with van der Waals surface area (Å²) in [7, 11) is 0. The molecule has 0 aromatic rings. The number of alkyl halides is 2. The molecule has 0 heterocycles. The van der Waals surface area contributed by atoms with E-state index in [1.807, 2.05) is 6.92 Å². The first-order valence-corrected chi connectivity index (χ1v) is 15.6. The van der Waals surface area contributed by atoms with E-state index < -0.39 is 76.9 Å². The zero-order chi connectivity index (χ0) is 31.5. The van der Waals surface area contributed by atoms with Crippen LogP contribution in [0.3, 0.4) is 0 Å². The maximum absolute atomic E-state index is 17.6. The summed E-state index contributed by atoms with van der Waals surface area (Å²) in [5.74, 6) is -3.93. The van der Waals surface area contributed by atoms with E-state index >= 15 is 8.78 Å². The van der Waals surface area contributed by atoms with Gasteiger partial charge in [-0.2, -0.15) is 0 Å². The molecular formula is C33H43F3O7. The van der Waals surface area contributed by atoms with E-state index in [1.165, 1.54) is 19.1 Å². The molecule has 0 aromatic heterocycles. The number of allylic oxidation sites excluding steroid dienone is 4. The zero-order valence-corrected chi connectivity index (χ0v) is 25.8. The molecule has 12 atom stereocenters. The summed E-state index contributed by atoms with van der Waals surface area (Å²) in [5, 5.41) is 11.6. The number of carbonyl (C=O) groups is 3. The van der Waals surface area contributed by atoms with E-state index in [0.717, 1.165) is 6.42 Å². The molecule has 7 aliphatic carbocycles. The van der Waals surface area contributed by atoms with Crippen LogP contribution in [0, 0.1) is 51.8 Å². The molecule has 0 saturated heterocycles. The molecule has 0 spiro atoms. The SMILES string of the molecule is C[C@@H]1[C@H]2C[C@@H](C[C@H]1OC(=O)O[C@]1(C(=O)OCF)[C@H](C)C[C@H]3[C@@H]4CC(F)=C5CC(=O)C=C[C@]5(C)[C@@]4(F)[C@@H](O)C[C@@]31C)C2(C)C. The number of rotatable bonds is 4. The molecule has 5 saturated carbocycles. The number of aliphatic hydroxyl groups is 1. The van der Waals surface area contributed by atoms with Crippen LogP contribution >= 0.6 is 0 Å². The number of ketones is 1. The van der Waals surface area contributed by atoms with E-state index in [9.17, 15) is 23.9 Å². The number of halogens is 3. The van der Waals surface area contributed by atoms with Gasteiger partial charge in [-0.3, -0.25) is 4.79 Å². The van der Waals surface area contributed by atoms with Crippen LogP contribution in [0.1, 0.15) is 80.1 Å². The number of hydrogen-bond acceptors (Lipinski definition) is 7. The van der Waals surface area contributed by atoms with E-state index in [1.54, 1.807) is 13.8 Å². The highest BCUT2D eigenvalue weighted by Gasteiger charge is 2.78. The van der Waals surface area contributed by atoms with Gasteiger partial charge in [0.05, 0.1) is 6.10 Å². The van der Waals surface area contributed by atoms with Crippen molar-refractivity contribution >= 4 is 17.9 Å². The fourth-order valence-electron chi connectivity index (χ4n) is 10.9. The van der Waals surface area contributed by atoms with Crippen LogP contribution < -0.4 is 0 Å². The van der Waals surface area contributed by atoms with Gasteiger partial charge in [0, 0.05) is 35.5 Å². The van der Waals surface area contributed by atoms with Crippen molar-refractivity contribution in [2.75, 3.05) is 6.86 Å². The van der Waals surface area contributed by atoms with Crippen LogP contribution in [0.5, 0.6) is 0 Å². The molecule has 0 amide bonds. The number of esters is 1. The van der Waals surface area contributed by atoms with Crippen molar-refractivity contribution in [2.24, 2.45) is 51.8 Å². The fourth-order valence-corrected chi connectivity index (χ4v) is 10.9. The second-order valence-electron chi connectivity index (χ2n) is 15.3. The second kappa shape index (κ2) is 9.57. The fraction of sp³-hybridized carbons (Fsp3) is 0.788. The molecule has 1 N–H and O–H groups in total. The molecule has 0 unspecified atom stereocenters. The predicted octanol–water partition coefficient (Wildman–Crippen LogP) is 6.33. The third kappa shape index (κ3) is 3.73. The Morgan fingerprint density at radius 1 is 1.07 bits per heavy atom. The maximum Gasteiger partial charge on any atom is 0.509 e. The highest BCUT2D eigenvalue weighted by Crippen LogP contribution is 2.72. The van der Waals surface area contributed by atoms with E-state index in [-0.39, 0.29) is 48.4 Å². The third-order valence-electron chi connectivity index (χ3n) is 13.5. The molecule has 10 heteroatoms. The summed E-state index contributed by atoms with van der Waals surface area (Å²) in [6.07, 6.45) is 0.192. The molecule has 43 heavy (non-hydrogen) atoms. The summed E-state index contributed by atoms with van der Waals surface area (Å²) in [5.41, 5.74) is -7.34. The van der Waals surface area contributed by atoms with Crippen LogP contribution in [0.4, 0.5) is 18.0 Å². The molecule has 7 aliphatic rings. The monoisotopic (exact) mass is 608 g/mol. The molecule has 2 bridgehead atoms. The summed E-state index contributed by atoms with van der Waals surface area (Å²) >= 11 is 0. The van der Waals surface area contributed by atoms with Crippen LogP contribution in [0.15, 0.2) is 23.6 Å².